The van der Waals surface area contributed by atoms with Crippen LogP contribution in [0, 0.1) is 0 Å². The Kier molecular flexibility index (Phi) is 7.74. The summed E-state index contributed by atoms with van der Waals surface area (Å²) in [7, 11) is 0. The van der Waals surface area contributed by atoms with Gasteiger partial charge in [-0.1, -0.05) is 0 Å². The Morgan fingerprint density at radius 2 is 1.57 bits per heavy atom. The van der Waals surface area contributed by atoms with Crippen molar-refractivity contribution in [3.8, 4) is 0 Å². The van der Waals surface area contributed by atoms with Gasteiger partial charge >= 0.3 is 29.6 Å². The third-order valence-electron chi connectivity index (χ3n) is 0.413. The summed E-state index contributed by atoms with van der Waals surface area (Å²) in [4.78, 5) is 0. The summed E-state index contributed by atoms with van der Waals surface area (Å²) in [5.74, 6) is 0. The van der Waals surface area contributed by atoms with E-state index >= 15 is 0 Å². The summed E-state index contributed by atoms with van der Waals surface area (Å²) < 4.78 is 0. The summed E-state index contributed by atoms with van der Waals surface area (Å²) in [6.45, 7) is 1.23. The van der Waals surface area contributed by atoms with Crippen molar-refractivity contribution in [3.63, 3.8) is 0 Å². The van der Waals surface area contributed by atoms with E-state index in [4.69, 9.17) is 10.2 Å². The van der Waals surface area contributed by atoms with Gasteiger partial charge in [-0.15, -0.1) is 0 Å². The molecule has 2 atom stereocenters. The molecular formula is C3H7NaO3. The average molecular weight is 114 g/mol. The van der Waals surface area contributed by atoms with E-state index in [9.17, 15) is 5.11 Å². The molecule has 0 rings (SSSR count). The van der Waals surface area contributed by atoms with Gasteiger partial charge < -0.3 is 15.3 Å². The Labute approximate surface area is 64.3 Å². The fourth-order valence-electron chi connectivity index (χ4n) is 0. The second-order valence-electron chi connectivity index (χ2n) is 1.13. The van der Waals surface area contributed by atoms with Crippen molar-refractivity contribution in [1.82, 2.24) is 0 Å². The average Bonchev–Trinajstić information content (AvgIpc) is 1.36. The topological polar surface area (TPSA) is 63.5 Å². The molecule has 0 aliphatic carbocycles. The van der Waals surface area contributed by atoms with Crippen molar-refractivity contribution in [2.24, 2.45) is 0 Å². The standard InChI is InChI=1S/C3H7O3.Na/c1-2(4)3(5)6;/h2-5H,1H3;/q-1;+1. The summed E-state index contributed by atoms with van der Waals surface area (Å²) in [6, 6.07) is 0. The van der Waals surface area contributed by atoms with Crippen LogP contribution in [0.3, 0.4) is 0 Å². The van der Waals surface area contributed by atoms with Crippen LogP contribution in [0.25, 0.3) is 0 Å². The zero-order valence-electron chi connectivity index (χ0n) is 4.46. The molecule has 0 aliphatic rings. The fraction of sp³-hybridized carbons (Fsp3) is 1.00. The van der Waals surface area contributed by atoms with E-state index in [1.54, 1.807) is 0 Å². The van der Waals surface area contributed by atoms with Crippen molar-refractivity contribution < 1.29 is 44.9 Å². The maximum Gasteiger partial charge on any atom is 1.00 e. The van der Waals surface area contributed by atoms with Crippen molar-refractivity contribution in [3.05, 3.63) is 0 Å². The first kappa shape index (κ1) is 10.8. The smallest absolute Gasteiger partial charge is 0.829 e. The van der Waals surface area contributed by atoms with Gasteiger partial charge in [0.15, 0.2) is 0 Å². The molecule has 7 heavy (non-hydrogen) atoms. The first-order chi connectivity index (χ1) is 2.64. The Balaban J connectivity index is 0. The minimum Gasteiger partial charge on any atom is -0.829 e. The van der Waals surface area contributed by atoms with Crippen LogP contribution in [0.5, 0.6) is 0 Å². The molecule has 0 aliphatic heterocycles. The van der Waals surface area contributed by atoms with Crippen molar-refractivity contribution in [2.45, 2.75) is 19.3 Å². The van der Waals surface area contributed by atoms with Gasteiger partial charge in [0.05, 0.1) is 6.10 Å². The van der Waals surface area contributed by atoms with Gasteiger partial charge in [-0.05, 0) is 6.92 Å². The number of rotatable bonds is 1. The van der Waals surface area contributed by atoms with Gasteiger partial charge in [-0.3, -0.25) is 0 Å². The molecule has 0 bridgehead atoms. The van der Waals surface area contributed by atoms with E-state index in [2.05, 4.69) is 0 Å². The zero-order valence-corrected chi connectivity index (χ0v) is 6.46. The first-order valence-corrected chi connectivity index (χ1v) is 1.66. The SMILES string of the molecule is CC(O)C([O-])O.[Na+]. The van der Waals surface area contributed by atoms with Crippen LogP contribution in [0.4, 0.5) is 0 Å². The molecule has 0 aromatic rings. The minimum atomic E-state index is -1.84. The molecule has 0 saturated carbocycles. The molecule has 0 aromatic heterocycles. The molecule has 2 unspecified atom stereocenters. The normalized spacial score (nSPS) is 17.1. The number of hydrogen-bond donors (Lipinski definition) is 2. The van der Waals surface area contributed by atoms with Crippen LogP contribution >= 0.6 is 0 Å². The van der Waals surface area contributed by atoms with Crippen LogP contribution in [0.1, 0.15) is 6.92 Å². The summed E-state index contributed by atoms with van der Waals surface area (Å²) in [6.07, 6.45) is -2.99. The molecule has 3 nitrogen and oxygen atoms in total. The second kappa shape index (κ2) is 5.03. The second-order valence-corrected chi connectivity index (χ2v) is 1.13. The third-order valence-corrected chi connectivity index (χ3v) is 0.413. The van der Waals surface area contributed by atoms with Gasteiger partial charge in [-0.25, -0.2) is 0 Å². The molecule has 0 saturated heterocycles. The van der Waals surface area contributed by atoms with Gasteiger partial charge in [0.25, 0.3) is 0 Å². The predicted molar refractivity (Wildman–Crippen MR) is 17.7 cm³/mol. The van der Waals surface area contributed by atoms with Gasteiger partial charge in [0, 0.05) is 6.29 Å². The van der Waals surface area contributed by atoms with E-state index in [0.717, 1.165) is 0 Å². The molecule has 0 radical (unpaired) electrons. The van der Waals surface area contributed by atoms with E-state index in [-0.39, 0.29) is 29.6 Å². The predicted octanol–water partition coefficient (Wildman–Crippen LogP) is -4.95. The molecule has 0 amide bonds. The molecule has 0 fully saturated rings. The summed E-state index contributed by atoms with van der Waals surface area (Å²) in [5.41, 5.74) is 0. The van der Waals surface area contributed by atoms with Crippen LogP contribution in [0.2, 0.25) is 0 Å². The maximum atomic E-state index is 9.53. The molecule has 4 heteroatoms. The molecule has 0 aromatic carbocycles. The van der Waals surface area contributed by atoms with Gasteiger partial charge in [0.2, 0.25) is 0 Å². The molecule has 38 valence electrons. The van der Waals surface area contributed by atoms with Crippen molar-refractivity contribution >= 4 is 0 Å². The van der Waals surface area contributed by atoms with Crippen LogP contribution in [0.15, 0.2) is 0 Å². The van der Waals surface area contributed by atoms with Gasteiger partial charge in [-0.2, -0.15) is 0 Å². The van der Waals surface area contributed by atoms with Crippen LogP contribution in [-0.4, -0.2) is 22.6 Å². The Morgan fingerprint density at radius 3 is 1.57 bits per heavy atom. The molecule has 2 N–H and O–H groups in total. The van der Waals surface area contributed by atoms with E-state index in [1.807, 2.05) is 0 Å². The summed E-state index contributed by atoms with van der Waals surface area (Å²) in [5, 5.41) is 25.4. The fourth-order valence-corrected chi connectivity index (χ4v) is 0. The molecule has 0 heterocycles. The van der Waals surface area contributed by atoms with E-state index in [1.165, 1.54) is 6.92 Å². The monoisotopic (exact) mass is 114 g/mol. The Morgan fingerprint density at radius 1 is 1.43 bits per heavy atom. The largest absolute Gasteiger partial charge is 1.00 e. The van der Waals surface area contributed by atoms with Crippen LogP contribution in [-0.2, 0) is 0 Å². The Hall–Kier alpha value is 0.880. The van der Waals surface area contributed by atoms with E-state index in [0.29, 0.717) is 0 Å². The number of aliphatic hydroxyl groups is 2. The quantitative estimate of drug-likeness (QED) is 0.265. The van der Waals surface area contributed by atoms with Crippen molar-refractivity contribution in [1.29, 1.82) is 0 Å². The Bertz CT molecular complexity index is 31.2. The zero-order chi connectivity index (χ0) is 5.15. The first-order valence-electron chi connectivity index (χ1n) is 1.66. The number of aliphatic hydroxyl groups excluding tert-OH is 2. The van der Waals surface area contributed by atoms with Gasteiger partial charge in [0.1, 0.15) is 0 Å². The minimum absolute atomic E-state index is 0. The molecule has 0 spiro atoms. The molecular weight excluding hydrogens is 107 g/mol. The maximum absolute atomic E-state index is 9.53. The van der Waals surface area contributed by atoms with E-state index < -0.39 is 12.4 Å². The van der Waals surface area contributed by atoms with Crippen molar-refractivity contribution in [2.75, 3.05) is 0 Å². The van der Waals surface area contributed by atoms with Crippen LogP contribution < -0.4 is 34.7 Å². The summed E-state index contributed by atoms with van der Waals surface area (Å²) >= 11 is 0. The third kappa shape index (κ3) is 6.88. The number of hydrogen-bond acceptors (Lipinski definition) is 3.